The second-order valence-corrected chi connectivity index (χ2v) is 4.88. The zero-order valence-corrected chi connectivity index (χ0v) is 13.0. The summed E-state index contributed by atoms with van der Waals surface area (Å²) in [6.45, 7) is 0. The van der Waals surface area contributed by atoms with E-state index in [9.17, 15) is 0 Å². The maximum atomic E-state index is 8.58. The Morgan fingerprint density at radius 1 is 0.652 bits per heavy atom. The molecule has 0 bridgehead atoms. The van der Waals surface area contributed by atoms with Gasteiger partial charge in [-0.3, -0.25) is 0 Å². The van der Waals surface area contributed by atoms with Crippen molar-refractivity contribution >= 4 is 12.6 Å². The average molecular weight is 306 g/mol. The summed E-state index contributed by atoms with van der Waals surface area (Å²) in [7, 11) is 0.337. The van der Waals surface area contributed by atoms with Crippen LogP contribution in [0.25, 0.3) is 11.1 Å². The molecule has 3 rings (SSSR count). The molecule has 0 fully saturated rings. The Hall–Kier alpha value is -2.56. The van der Waals surface area contributed by atoms with Gasteiger partial charge in [0.1, 0.15) is 5.75 Å². The van der Waals surface area contributed by atoms with Crippen LogP contribution in [0, 0.1) is 0 Å². The van der Waals surface area contributed by atoms with Crippen LogP contribution >= 0.6 is 0 Å². The van der Waals surface area contributed by atoms with E-state index in [0.717, 1.165) is 5.75 Å². The van der Waals surface area contributed by atoms with Gasteiger partial charge in [0.2, 0.25) is 0 Å². The Kier molecular flexibility index (Phi) is 6.42. The standard InChI is InChI=1S/C13H12O.C6H7BO2/c1-14-13-9-7-12(8-10-13)11-5-3-2-4-6-11;8-7(9)6-4-2-1-3-5-6/h2-10H,1H3;1-5,8-9H. The summed E-state index contributed by atoms with van der Waals surface area (Å²) < 4.78 is 5.11. The SMILES string of the molecule is COc1ccc(-c2ccccc2)cc1.OB(O)c1ccccc1. The third-order valence-corrected chi connectivity index (χ3v) is 3.29. The van der Waals surface area contributed by atoms with Gasteiger partial charge >= 0.3 is 7.12 Å². The van der Waals surface area contributed by atoms with Crippen molar-refractivity contribution < 1.29 is 14.8 Å². The molecule has 4 heteroatoms. The van der Waals surface area contributed by atoms with Crippen molar-refractivity contribution in [1.29, 1.82) is 0 Å². The first-order valence-corrected chi connectivity index (χ1v) is 7.31. The van der Waals surface area contributed by atoms with E-state index in [4.69, 9.17) is 14.8 Å². The van der Waals surface area contributed by atoms with E-state index in [1.807, 2.05) is 36.4 Å². The van der Waals surface area contributed by atoms with E-state index in [1.54, 1.807) is 31.4 Å². The van der Waals surface area contributed by atoms with Gasteiger partial charge in [-0.2, -0.15) is 0 Å². The quantitative estimate of drug-likeness (QED) is 0.732. The van der Waals surface area contributed by atoms with E-state index in [0.29, 0.717) is 5.46 Å². The monoisotopic (exact) mass is 306 g/mol. The van der Waals surface area contributed by atoms with E-state index in [2.05, 4.69) is 24.3 Å². The van der Waals surface area contributed by atoms with E-state index in [-0.39, 0.29) is 0 Å². The molecule has 0 radical (unpaired) electrons. The van der Waals surface area contributed by atoms with Crippen molar-refractivity contribution in [3.8, 4) is 16.9 Å². The summed E-state index contributed by atoms with van der Waals surface area (Å²) >= 11 is 0. The zero-order valence-electron chi connectivity index (χ0n) is 13.0. The van der Waals surface area contributed by atoms with Crippen molar-refractivity contribution in [3.05, 3.63) is 84.9 Å². The first-order valence-electron chi connectivity index (χ1n) is 7.31. The van der Waals surface area contributed by atoms with Crippen LogP contribution in [0.1, 0.15) is 0 Å². The summed E-state index contributed by atoms with van der Waals surface area (Å²) in [5.74, 6) is 0.893. The molecule has 0 aliphatic heterocycles. The molecule has 2 N–H and O–H groups in total. The van der Waals surface area contributed by atoms with Crippen LogP contribution in [-0.4, -0.2) is 24.3 Å². The molecule has 3 nitrogen and oxygen atoms in total. The maximum absolute atomic E-state index is 8.58. The molecule has 0 saturated carbocycles. The summed E-state index contributed by atoms with van der Waals surface area (Å²) in [5, 5.41) is 17.2. The van der Waals surface area contributed by atoms with E-state index < -0.39 is 7.12 Å². The number of methoxy groups -OCH3 is 1. The number of hydrogen-bond donors (Lipinski definition) is 2. The molecule has 0 aliphatic rings. The molecule has 0 aliphatic carbocycles. The van der Waals surface area contributed by atoms with Crippen LogP contribution in [0.4, 0.5) is 0 Å². The number of hydrogen-bond acceptors (Lipinski definition) is 3. The second-order valence-electron chi connectivity index (χ2n) is 4.88. The van der Waals surface area contributed by atoms with Gasteiger partial charge in [-0.15, -0.1) is 0 Å². The topological polar surface area (TPSA) is 49.7 Å². The Bertz CT molecular complexity index is 683. The molecule has 23 heavy (non-hydrogen) atoms. The Morgan fingerprint density at radius 2 is 1.13 bits per heavy atom. The lowest BCUT2D eigenvalue weighted by molar-refractivity contribution is 0.415. The molecule has 116 valence electrons. The molecule has 0 aromatic heterocycles. The molecular weight excluding hydrogens is 287 g/mol. The van der Waals surface area contributed by atoms with Crippen molar-refractivity contribution in [2.45, 2.75) is 0 Å². The third kappa shape index (κ3) is 5.29. The predicted octanol–water partition coefficient (Wildman–Crippen LogP) is 2.73. The molecule has 0 amide bonds. The first-order chi connectivity index (χ1) is 11.2. The van der Waals surface area contributed by atoms with Gasteiger partial charge in [-0.1, -0.05) is 72.8 Å². The number of rotatable bonds is 3. The fraction of sp³-hybridized carbons (Fsp3) is 0.0526. The molecular formula is C19H19BO3. The summed E-state index contributed by atoms with van der Waals surface area (Å²) in [4.78, 5) is 0. The second kappa shape index (κ2) is 8.78. The molecule has 0 spiro atoms. The normalized spacial score (nSPS) is 9.52. The lowest BCUT2D eigenvalue weighted by atomic mass is 9.81. The van der Waals surface area contributed by atoms with E-state index >= 15 is 0 Å². The predicted molar refractivity (Wildman–Crippen MR) is 94.7 cm³/mol. The lowest BCUT2D eigenvalue weighted by Crippen LogP contribution is -2.29. The zero-order chi connectivity index (χ0) is 16.5. The maximum Gasteiger partial charge on any atom is 0.488 e. The highest BCUT2D eigenvalue weighted by Crippen LogP contribution is 2.21. The van der Waals surface area contributed by atoms with Crippen LogP contribution in [0.2, 0.25) is 0 Å². The van der Waals surface area contributed by atoms with E-state index in [1.165, 1.54) is 11.1 Å². The lowest BCUT2D eigenvalue weighted by Gasteiger charge is -2.02. The molecule has 0 saturated heterocycles. The van der Waals surface area contributed by atoms with Gasteiger partial charge in [0.05, 0.1) is 7.11 Å². The number of benzene rings is 3. The van der Waals surface area contributed by atoms with Crippen LogP contribution < -0.4 is 10.2 Å². The molecule has 3 aromatic rings. The largest absolute Gasteiger partial charge is 0.497 e. The van der Waals surface area contributed by atoms with Crippen molar-refractivity contribution in [1.82, 2.24) is 0 Å². The minimum atomic E-state index is -1.34. The molecule has 3 aromatic carbocycles. The van der Waals surface area contributed by atoms with Gasteiger partial charge < -0.3 is 14.8 Å². The van der Waals surface area contributed by atoms with Gasteiger partial charge in [-0.05, 0) is 28.7 Å². The minimum Gasteiger partial charge on any atom is -0.497 e. The molecule has 0 unspecified atom stereocenters. The minimum absolute atomic E-state index is 0.525. The molecule has 0 heterocycles. The summed E-state index contributed by atoms with van der Waals surface area (Å²) in [6.07, 6.45) is 0. The Labute approximate surface area is 137 Å². The summed E-state index contributed by atoms with van der Waals surface area (Å²) in [6, 6.07) is 27.0. The van der Waals surface area contributed by atoms with Crippen LogP contribution in [0.5, 0.6) is 5.75 Å². The summed E-state index contributed by atoms with van der Waals surface area (Å²) in [5.41, 5.74) is 2.97. The third-order valence-electron chi connectivity index (χ3n) is 3.29. The van der Waals surface area contributed by atoms with Crippen LogP contribution in [0.15, 0.2) is 84.9 Å². The Balaban J connectivity index is 0.000000185. The van der Waals surface area contributed by atoms with Gasteiger partial charge in [0.25, 0.3) is 0 Å². The Morgan fingerprint density at radius 3 is 1.57 bits per heavy atom. The number of ether oxygens (including phenoxy) is 1. The van der Waals surface area contributed by atoms with Crippen molar-refractivity contribution in [2.24, 2.45) is 0 Å². The van der Waals surface area contributed by atoms with Crippen molar-refractivity contribution in [3.63, 3.8) is 0 Å². The van der Waals surface area contributed by atoms with Gasteiger partial charge in [0, 0.05) is 0 Å². The van der Waals surface area contributed by atoms with Crippen molar-refractivity contribution in [2.75, 3.05) is 7.11 Å². The van der Waals surface area contributed by atoms with Crippen LogP contribution in [0.3, 0.4) is 0 Å². The van der Waals surface area contributed by atoms with Gasteiger partial charge in [0.15, 0.2) is 0 Å². The molecule has 0 atom stereocenters. The highest BCUT2D eigenvalue weighted by molar-refractivity contribution is 6.58. The van der Waals surface area contributed by atoms with Gasteiger partial charge in [-0.25, -0.2) is 0 Å². The highest BCUT2D eigenvalue weighted by Gasteiger charge is 2.07. The average Bonchev–Trinajstić information content (AvgIpc) is 2.64. The highest BCUT2D eigenvalue weighted by atomic mass is 16.5. The van der Waals surface area contributed by atoms with Crippen LogP contribution in [-0.2, 0) is 0 Å². The fourth-order valence-corrected chi connectivity index (χ4v) is 2.04. The fourth-order valence-electron chi connectivity index (χ4n) is 2.04. The first kappa shape index (κ1) is 16.8. The smallest absolute Gasteiger partial charge is 0.488 e.